The van der Waals surface area contributed by atoms with E-state index >= 15 is 0 Å². The largest absolute Gasteiger partial charge is 0.324 e. The molecule has 0 aliphatic heterocycles. The second-order valence-electron chi connectivity index (χ2n) is 3.08. The molecule has 1 amide bonds. The van der Waals surface area contributed by atoms with E-state index in [1.807, 2.05) is 6.07 Å². The van der Waals surface area contributed by atoms with Crippen molar-refractivity contribution in [2.75, 3.05) is 5.32 Å². The first kappa shape index (κ1) is 11.7. The number of nitrogens with two attached hydrogens (primary N) is 1. The van der Waals surface area contributed by atoms with Crippen LogP contribution < -0.4 is 11.1 Å². The molecule has 0 saturated heterocycles. The van der Waals surface area contributed by atoms with Gasteiger partial charge in [0.05, 0.1) is 17.3 Å². The van der Waals surface area contributed by atoms with Crippen LogP contribution in [0.1, 0.15) is 12.5 Å². The zero-order valence-electron chi connectivity index (χ0n) is 8.12. The zero-order valence-corrected chi connectivity index (χ0v) is 9.71. The van der Waals surface area contributed by atoms with Crippen molar-refractivity contribution in [2.45, 2.75) is 13.0 Å². The van der Waals surface area contributed by atoms with Gasteiger partial charge in [-0.3, -0.25) is 4.79 Å². The van der Waals surface area contributed by atoms with Gasteiger partial charge < -0.3 is 11.1 Å². The monoisotopic (exact) mass is 267 g/mol. The lowest BCUT2D eigenvalue weighted by molar-refractivity contribution is -0.117. The van der Waals surface area contributed by atoms with Gasteiger partial charge in [0.15, 0.2) is 0 Å². The highest BCUT2D eigenvalue weighted by atomic mass is 79.9. The molecule has 0 aliphatic carbocycles. The predicted octanol–water partition coefficient (Wildman–Crippen LogP) is 1.61. The van der Waals surface area contributed by atoms with Gasteiger partial charge in [0, 0.05) is 4.47 Å². The number of anilines is 1. The molecule has 0 fully saturated rings. The van der Waals surface area contributed by atoms with Crippen LogP contribution in [0.5, 0.6) is 0 Å². The van der Waals surface area contributed by atoms with Crippen LogP contribution in [0.25, 0.3) is 0 Å². The van der Waals surface area contributed by atoms with E-state index in [-0.39, 0.29) is 5.91 Å². The van der Waals surface area contributed by atoms with Crippen molar-refractivity contribution in [3.63, 3.8) is 0 Å². The Balaban J connectivity index is 2.96. The molecule has 4 nitrogen and oxygen atoms in total. The number of benzene rings is 1. The van der Waals surface area contributed by atoms with Gasteiger partial charge in [-0.05, 0) is 25.1 Å². The summed E-state index contributed by atoms with van der Waals surface area (Å²) < 4.78 is 0.790. The molecule has 5 heteroatoms. The molecule has 78 valence electrons. The molecule has 1 atom stereocenters. The van der Waals surface area contributed by atoms with Crippen LogP contribution in [0.4, 0.5) is 5.69 Å². The minimum Gasteiger partial charge on any atom is -0.324 e. The topological polar surface area (TPSA) is 78.9 Å². The van der Waals surface area contributed by atoms with Crippen LogP contribution >= 0.6 is 15.9 Å². The summed E-state index contributed by atoms with van der Waals surface area (Å²) in [7, 11) is 0. The Hall–Kier alpha value is -1.38. The van der Waals surface area contributed by atoms with Crippen molar-refractivity contribution in [3.8, 4) is 6.07 Å². The number of nitrogens with one attached hydrogen (secondary N) is 1. The number of nitrogens with zero attached hydrogens (tertiary/aromatic N) is 1. The summed E-state index contributed by atoms with van der Waals surface area (Å²) in [6.07, 6.45) is 0. The molecule has 1 aromatic rings. The van der Waals surface area contributed by atoms with Crippen molar-refractivity contribution in [1.82, 2.24) is 0 Å². The highest BCUT2D eigenvalue weighted by Gasteiger charge is 2.10. The van der Waals surface area contributed by atoms with Gasteiger partial charge in [-0.25, -0.2) is 0 Å². The Labute approximate surface area is 96.2 Å². The number of carbonyl (C=O) groups is 1. The van der Waals surface area contributed by atoms with E-state index in [1.165, 1.54) is 0 Å². The van der Waals surface area contributed by atoms with E-state index < -0.39 is 6.04 Å². The van der Waals surface area contributed by atoms with Gasteiger partial charge in [0.1, 0.15) is 6.07 Å². The van der Waals surface area contributed by atoms with Gasteiger partial charge in [0.25, 0.3) is 0 Å². The van der Waals surface area contributed by atoms with Crippen LogP contribution in [0, 0.1) is 11.3 Å². The van der Waals surface area contributed by atoms with Crippen molar-refractivity contribution in [1.29, 1.82) is 5.26 Å². The minimum atomic E-state index is -0.597. The first-order valence-corrected chi connectivity index (χ1v) is 5.10. The number of nitriles is 1. The number of hydrogen-bond donors (Lipinski definition) is 2. The smallest absolute Gasteiger partial charge is 0.241 e. The molecular formula is C10H10BrN3O. The van der Waals surface area contributed by atoms with Crippen molar-refractivity contribution in [2.24, 2.45) is 5.73 Å². The number of carbonyl (C=O) groups excluding carboxylic acids is 1. The third-order valence-corrected chi connectivity index (χ3v) is 2.27. The van der Waals surface area contributed by atoms with E-state index in [4.69, 9.17) is 11.0 Å². The number of amides is 1. The molecule has 0 saturated carbocycles. The maximum absolute atomic E-state index is 11.3. The van der Waals surface area contributed by atoms with E-state index in [2.05, 4.69) is 21.2 Å². The first-order chi connectivity index (χ1) is 7.04. The van der Waals surface area contributed by atoms with Crippen molar-refractivity contribution in [3.05, 3.63) is 28.2 Å². The Kier molecular flexibility index (Phi) is 3.83. The summed E-state index contributed by atoms with van der Waals surface area (Å²) in [4.78, 5) is 11.3. The Morgan fingerprint density at radius 3 is 2.87 bits per heavy atom. The van der Waals surface area contributed by atoms with Gasteiger partial charge in [-0.1, -0.05) is 15.9 Å². The highest BCUT2D eigenvalue weighted by molar-refractivity contribution is 9.10. The molecule has 0 radical (unpaired) electrons. The molecular weight excluding hydrogens is 258 g/mol. The maximum Gasteiger partial charge on any atom is 0.241 e. The van der Waals surface area contributed by atoms with E-state index in [0.29, 0.717) is 11.3 Å². The van der Waals surface area contributed by atoms with E-state index in [1.54, 1.807) is 25.1 Å². The average molecular weight is 268 g/mol. The minimum absolute atomic E-state index is 0.311. The standard InChI is InChI=1S/C10H10BrN3O/c1-6(13)10(15)14-9-3-2-8(11)4-7(9)5-12/h2-4,6H,13H2,1H3,(H,14,15)/t6-/m1/s1. The molecule has 0 spiro atoms. The average Bonchev–Trinajstić information content (AvgIpc) is 2.20. The van der Waals surface area contributed by atoms with E-state index in [9.17, 15) is 4.79 Å². The van der Waals surface area contributed by atoms with Gasteiger partial charge in [-0.2, -0.15) is 5.26 Å². The molecule has 0 heterocycles. The molecule has 0 bridgehead atoms. The fourth-order valence-corrected chi connectivity index (χ4v) is 1.33. The van der Waals surface area contributed by atoms with Gasteiger partial charge in [-0.15, -0.1) is 0 Å². The second kappa shape index (κ2) is 4.91. The third-order valence-electron chi connectivity index (χ3n) is 1.77. The lowest BCUT2D eigenvalue weighted by Gasteiger charge is -2.09. The van der Waals surface area contributed by atoms with Gasteiger partial charge >= 0.3 is 0 Å². The fraction of sp³-hybridized carbons (Fsp3) is 0.200. The number of hydrogen-bond acceptors (Lipinski definition) is 3. The molecule has 1 aromatic carbocycles. The Morgan fingerprint density at radius 1 is 1.67 bits per heavy atom. The first-order valence-electron chi connectivity index (χ1n) is 4.30. The highest BCUT2D eigenvalue weighted by Crippen LogP contribution is 2.20. The van der Waals surface area contributed by atoms with Crippen LogP contribution in [-0.4, -0.2) is 11.9 Å². The quantitative estimate of drug-likeness (QED) is 0.855. The van der Waals surface area contributed by atoms with Crippen molar-refractivity contribution >= 4 is 27.5 Å². The molecule has 0 aromatic heterocycles. The summed E-state index contributed by atoms with van der Waals surface area (Å²) in [5.41, 5.74) is 6.28. The fourth-order valence-electron chi connectivity index (χ4n) is 0.965. The molecule has 3 N–H and O–H groups in total. The molecule has 1 rings (SSSR count). The Morgan fingerprint density at radius 2 is 2.33 bits per heavy atom. The summed E-state index contributed by atoms with van der Waals surface area (Å²) in [6, 6.07) is 6.44. The second-order valence-corrected chi connectivity index (χ2v) is 4.00. The van der Waals surface area contributed by atoms with Crippen molar-refractivity contribution < 1.29 is 4.79 Å². The van der Waals surface area contributed by atoms with Crippen LogP contribution in [0.3, 0.4) is 0 Å². The summed E-state index contributed by atoms with van der Waals surface area (Å²) in [5, 5.41) is 11.4. The maximum atomic E-state index is 11.3. The summed E-state index contributed by atoms with van der Waals surface area (Å²) >= 11 is 3.24. The number of rotatable bonds is 2. The molecule has 0 aliphatic rings. The summed E-state index contributed by atoms with van der Waals surface area (Å²) in [5.74, 6) is -0.311. The van der Waals surface area contributed by atoms with Crippen LogP contribution in [-0.2, 0) is 4.79 Å². The Bertz CT molecular complexity index is 423. The summed E-state index contributed by atoms with van der Waals surface area (Å²) in [6.45, 7) is 1.58. The molecule has 15 heavy (non-hydrogen) atoms. The van der Waals surface area contributed by atoms with Crippen LogP contribution in [0.15, 0.2) is 22.7 Å². The van der Waals surface area contributed by atoms with Crippen LogP contribution in [0.2, 0.25) is 0 Å². The SMILES string of the molecule is C[C@@H](N)C(=O)Nc1ccc(Br)cc1C#N. The lowest BCUT2D eigenvalue weighted by atomic mass is 10.2. The molecule has 0 unspecified atom stereocenters. The van der Waals surface area contributed by atoms with Gasteiger partial charge in [0.2, 0.25) is 5.91 Å². The normalized spacial score (nSPS) is 11.6. The number of halogens is 1. The predicted molar refractivity (Wildman–Crippen MR) is 61.1 cm³/mol. The zero-order chi connectivity index (χ0) is 11.4. The van der Waals surface area contributed by atoms with E-state index in [0.717, 1.165) is 4.47 Å². The lowest BCUT2D eigenvalue weighted by Crippen LogP contribution is -2.32. The third kappa shape index (κ3) is 3.05.